The summed E-state index contributed by atoms with van der Waals surface area (Å²) in [5.41, 5.74) is 2.16. The van der Waals surface area contributed by atoms with E-state index >= 15 is 0 Å². The molecule has 0 saturated carbocycles. The van der Waals surface area contributed by atoms with Crippen LogP contribution in [-0.2, 0) is 0 Å². The van der Waals surface area contributed by atoms with Gasteiger partial charge in [0.25, 0.3) is 5.91 Å². The monoisotopic (exact) mass is 327 g/mol. The molecule has 0 aliphatic carbocycles. The maximum Gasteiger partial charge on any atom is 0.253 e. The molecule has 1 aromatic heterocycles. The number of aromatic nitrogens is 2. The van der Waals surface area contributed by atoms with Crippen LogP contribution >= 0.6 is 15.9 Å². The summed E-state index contributed by atoms with van der Waals surface area (Å²) in [6.45, 7) is 8.62. The SMILES string of the molecule is CCC(CC)(CBr)CNC(=O)c1cc(C)nnc1C. The van der Waals surface area contributed by atoms with E-state index in [0.717, 1.165) is 23.9 Å². The van der Waals surface area contributed by atoms with Crippen LogP contribution in [-0.4, -0.2) is 28.0 Å². The first-order valence-corrected chi connectivity index (χ1v) is 7.75. The largest absolute Gasteiger partial charge is 0.351 e. The molecule has 0 fully saturated rings. The van der Waals surface area contributed by atoms with Crippen molar-refractivity contribution in [1.29, 1.82) is 0 Å². The first-order valence-electron chi connectivity index (χ1n) is 6.63. The number of carbonyl (C=O) groups excluding carboxylic acids is 1. The second-order valence-electron chi connectivity index (χ2n) is 5.01. The molecule has 0 aliphatic heterocycles. The maximum absolute atomic E-state index is 12.2. The second kappa shape index (κ2) is 6.98. The van der Waals surface area contributed by atoms with Gasteiger partial charge in [-0.2, -0.15) is 10.2 Å². The van der Waals surface area contributed by atoms with Crippen molar-refractivity contribution in [2.24, 2.45) is 5.41 Å². The lowest BCUT2D eigenvalue weighted by Crippen LogP contribution is -2.38. The zero-order valence-electron chi connectivity index (χ0n) is 12.1. The number of aryl methyl sites for hydroxylation is 2. The van der Waals surface area contributed by atoms with Crippen LogP contribution in [0.25, 0.3) is 0 Å². The van der Waals surface area contributed by atoms with E-state index in [4.69, 9.17) is 0 Å². The molecule has 0 unspecified atom stereocenters. The van der Waals surface area contributed by atoms with Gasteiger partial charge in [0.15, 0.2) is 0 Å². The predicted molar refractivity (Wildman–Crippen MR) is 80.6 cm³/mol. The van der Waals surface area contributed by atoms with Gasteiger partial charge in [-0.3, -0.25) is 4.79 Å². The van der Waals surface area contributed by atoms with E-state index < -0.39 is 0 Å². The van der Waals surface area contributed by atoms with E-state index in [2.05, 4.69) is 45.3 Å². The Bertz CT molecular complexity index is 436. The van der Waals surface area contributed by atoms with Crippen LogP contribution in [0.2, 0.25) is 0 Å². The van der Waals surface area contributed by atoms with Crippen molar-refractivity contribution in [3.8, 4) is 0 Å². The highest BCUT2D eigenvalue weighted by Gasteiger charge is 2.25. The molecule has 5 heteroatoms. The van der Waals surface area contributed by atoms with E-state index in [-0.39, 0.29) is 11.3 Å². The Morgan fingerprint density at radius 2 is 1.95 bits per heavy atom. The molecule has 4 nitrogen and oxygen atoms in total. The van der Waals surface area contributed by atoms with Crippen molar-refractivity contribution in [1.82, 2.24) is 15.5 Å². The highest BCUT2D eigenvalue weighted by molar-refractivity contribution is 9.09. The van der Waals surface area contributed by atoms with E-state index in [1.54, 1.807) is 13.0 Å². The summed E-state index contributed by atoms with van der Waals surface area (Å²) < 4.78 is 0. The fourth-order valence-corrected chi connectivity index (χ4v) is 2.87. The Hall–Kier alpha value is -0.970. The molecular formula is C14H22BrN3O. The lowest BCUT2D eigenvalue weighted by Gasteiger charge is -2.29. The molecule has 1 heterocycles. The number of nitrogens with zero attached hydrogens (tertiary/aromatic N) is 2. The third kappa shape index (κ3) is 4.00. The third-order valence-corrected chi connectivity index (χ3v) is 4.94. The van der Waals surface area contributed by atoms with Gasteiger partial charge >= 0.3 is 0 Å². The molecule has 0 spiro atoms. The number of halogens is 1. The van der Waals surface area contributed by atoms with E-state index in [9.17, 15) is 4.79 Å². The molecule has 0 aromatic carbocycles. The number of hydrogen-bond donors (Lipinski definition) is 1. The Labute approximate surface area is 123 Å². The van der Waals surface area contributed by atoms with E-state index in [0.29, 0.717) is 17.8 Å². The van der Waals surface area contributed by atoms with Crippen LogP contribution in [0.15, 0.2) is 6.07 Å². The van der Waals surface area contributed by atoms with Crippen molar-refractivity contribution >= 4 is 21.8 Å². The standard InChI is InChI=1S/C14H22BrN3O/c1-5-14(6-2,8-15)9-16-13(19)12-7-10(3)17-18-11(12)4/h7H,5-6,8-9H2,1-4H3,(H,16,19). The van der Waals surface area contributed by atoms with Gasteiger partial charge < -0.3 is 5.32 Å². The van der Waals surface area contributed by atoms with Crippen LogP contribution in [0.4, 0.5) is 0 Å². The second-order valence-corrected chi connectivity index (χ2v) is 5.57. The van der Waals surface area contributed by atoms with E-state index in [1.807, 2.05) is 6.92 Å². The fraction of sp³-hybridized carbons (Fsp3) is 0.643. The number of carbonyl (C=O) groups is 1. The van der Waals surface area contributed by atoms with Gasteiger partial charge in [0.1, 0.15) is 0 Å². The van der Waals surface area contributed by atoms with Crippen molar-refractivity contribution in [3.63, 3.8) is 0 Å². The van der Waals surface area contributed by atoms with Crippen LogP contribution in [0.3, 0.4) is 0 Å². The summed E-state index contributed by atoms with van der Waals surface area (Å²) in [5.74, 6) is -0.0669. The van der Waals surface area contributed by atoms with Crippen LogP contribution in [0.1, 0.15) is 48.4 Å². The molecule has 0 atom stereocenters. The molecule has 19 heavy (non-hydrogen) atoms. The van der Waals surface area contributed by atoms with Crippen molar-refractivity contribution in [2.45, 2.75) is 40.5 Å². The molecule has 0 aliphatic rings. The zero-order chi connectivity index (χ0) is 14.5. The number of rotatable bonds is 6. The average molecular weight is 328 g/mol. The summed E-state index contributed by atoms with van der Waals surface area (Å²) in [4.78, 5) is 12.2. The molecule has 106 valence electrons. The minimum Gasteiger partial charge on any atom is -0.351 e. The van der Waals surface area contributed by atoms with E-state index in [1.165, 1.54) is 0 Å². The van der Waals surface area contributed by atoms with Crippen molar-refractivity contribution < 1.29 is 4.79 Å². The molecular weight excluding hydrogens is 306 g/mol. The van der Waals surface area contributed by atoms with Crippen molar-refractivity contribution in [3.05, 3.63) is 23.0 Å². The quantitative estimate of drug-likeness (QED) is 0.817. The third-order valence-electron chi connectivity index (χ3n) is 3.75. The normalized spacial score (nSPS) is 11.4. The first kappa shape index (κ1) is 16.1. The van der Waals surface area contributed by atoms with Gasteiger partial charge in [-0.1, -0.05) is 29.8 Å². The van der Waals surface area contributed by atoms with Gasteiger partial charge in [-0.15, -0.1) is 0 Å². The highest BCUT2D eigenvalue weighted by Crippen LogP contribution is 2.27. The minimum atomic E-state index is -0.0669. The first-order chi connectivity index (χ1) is 8.98. The number of nitrogens with one attached hydrogen (secondary N) is 1. The summed E-state index contributed by atoms with van der Waals surface area (Å²) in [6.07, 6.45) is 2.06. The maximum atomic E-state index is 12.2. The molecule has 0 radical (unpaired) electrons. The Morgan fingerprint density at radius 3 is 2.47 bits per heavy atom. The Balaban J connectivity index is 2.77. The zero-order valence-corrected chi connectivity index (χ0v) is 13.7. The molecule has 0 saturated heterocycles. The Morgan fingerprint density at radius 1 is 1.32 bits per heavy atom. The lowest BCUT2D eigenvalue weighted by atomic mass is 9.84. The molecule has 1 aromatic rings. The number of amides is 1. The summed E-state index contributed by atoms with van der Waals surface area (Å²) in [6, 6.07) is 1.78. The van der Waals surface area contributed by atoms with Crippen LogP contribution < -0.4 is 5.32 Å². The highest BCUT2D eigenvalue weighted by atomic mass is 79.9. The average Bonchev–Trinajstić information content (AvgIpc) is 2.43. The number of hydrogen-bond acceptors (Lipinski definition) is 3. The van der Waals surface area contributed by atoms with Crippen molar-refractivity contribution in [2.75, 3.05) is 11.9 Å². The van der Waals surface area contributed by atoms with Crippen LogP contribution in [0.5, 0.6) is 0 Å². The molecule has 1 N–H and O–H groups in total. The lowest BCUT2D eigenvalue weighted by molar-refractivity contribution is 0.0931. The summed E-state index contributed by atoms with van der Waals surface area (Å²) in [7, 11) is 0. The molecule has 1 amide bonds. The minimum absolute atomic E-state index is 0.0669. The fourth-order valence-electron chi connectivity index (χ4n) is 1.88. The number of alkyl halides is 1. The predicted octanol–water partition coefficient (Wildman–Crippen LogP) is 3.02. The molecule has 1 rings (SSSR count). The van der Waals surface area contributed by atoms with Gasteiger partial charge in [0.05, 0.1) is 17.0 Å². The van der Waals surface area contributed by atoms with Crippen LogP contribution in [0, 0.1) is 19.3 Å². The molecule has 0 bridgehead atoms. The summed E-state index contributed by atoms with van der Waals surface area (Å²) >= 11 is 3.55. The van der Waals surface area contributed by atoms with Gasteiger partial charge in [-0.05, 0) is 38.2 Å². The van der Waals surface area contributed by atoms with Gasteiger partial charge in [0.2, 0.25) is 0 Å². The van der Waals surface area contributed by atoms with Gasteiger partial charge in [0, 0.05) is 11.9 Å². The smallest absolute Gasteiger partial charge is 0.253 e. The van der Waals surface area contributed by atoms with Gasteiger partial charge in [-0.25, -0.2) is 0 Å². The summed E-state index contributed by atoms with van der Waals surface area (Å²) in [5, 5.41) is 11.8. The topological polar surface area (TPSA) is 54.9 Å². The Kier molecular flexibility index (Phi) is 5.91.